The average molecular weight is 386 g/mol. The van der Waals surface area contributed by atoms with Gasteiger partial charge in [0, 0.05) is 16.4 Å². The number of ether oxygens (including phenoxy) is 1. The van der Waals surface area contributed by atoms with Crippen LogP contribution in [0.5, 0.6) is 0 Å². The zero-order valence-corrected chi connectivity index (χ0v) is 15.1. The van der Waals surface area contributed by atoms with Gasteiger partial charge in [-0.1, -0.05) is 11.6 Å². The molecule has 0 radical (unpaired) electrons. The van der Waals surface area contributed by atoms with Crippen molar-refractivity contribution in [1.82, 2.24) is 0 Å². The summed E-state index contributed by atoms with van der Waals surface area (Å²) in [7, 11) is 0. The van der Waals surface area contributed by atoms with Crippen molar-refractivity contribution in [3.63, 3.8) is 0 Å². The monoisotopic (exact) mass is 385 g/mol. The number of rotatable bonds is 6. The molecule has 0 saturated carbocycles. The molecule has 0 aromatic heterocycles. The molecule has 0 bridgehead atoms. The van der Waals surface area contributed by atoms with E-state index < -0.39 is 23.9 Å². The normalized spacial score (nSPS) is 11.0. The summed E-state index contributed by atoms with van der Waals surface area (Å²) in [6.07, 6.45) is -1.27. The van der Waals surface area contributed by atoms with Crippen molar-refractivity contribution in [1.29, 1.82) is 5.26 Å². The maximum absolute atomic E-state index is 12.1. The van der Waals surface area contributed by atoms with Crippen molar-refractivity contribution in [2.24, 2.45) is 0 Å². The van der Waals surface area contributed by atoms with Crippen LogP contribution in [-0.4, -0.2) is 23.9 Å². The number of halogens is 1. The second-order valence-corrected chi connectivity index (χ2v) is 5.94. The number of benzene rings is 2. The van der Waals surface area contributed by atoms with E-state index in [0.717, 1.165) is 0 Å². The number of esters is 1. The van der Waals surface area contributed by atoms with E-state index in [9.17, 15) is 14.4 Å². The van der Waals surface area contributed by atoms with Crippen LogP contribution in [0, 0.1) is 11.3 Å². The summed E-state index contributed by atoms with van der Waals surface area (Å²) >= 11 is 5.78. The lowest BCUT2D eigenvalue weighted by Gasteiger charge is -2.14. The molecule has 2 N–H and O–H groups in total. The number of hydrogen-bond donors (Lipinski definition) is 2. The van der Waals surface area contributed by atoms with Gasteiger partial charge in [-0.15, -0.1) is 0 Å². The highest BCUT2D eigenvalue weighted by Crippen LogP contribution is 2.15. The molecule has 138 valence electrons. The number of carbonyl (C=O) groups is 3. The standard InChI is InChI=1S/C19H16ClN3O4/c1-12(18(25)23-16-8-4-14(20)5-9-16)27-19(26)13-2-6-15(7-3-13)22-17(24)10-11-21/h2-9,12H,10H2,1H3,(H,22,24)(H,23,25)/t12-/m1/s1. The van der Waals surface area contributed by atoms with Crippen LogP contribution in [0.25, 0.3) is 0 Å². The Morgan fingerprint density at radius 3 is 2.19 bits per heavy atom. The number of hydrogen-bond acceptors (Lipinski definition) is 5. The smallest absolute Gasteiger partial charge is 0.338 e. The fourth-order valence-corrected chi connectivity index (χ4v) is 2.15. The summed E-state index contributed by atoms with van der Waals surface area (Å²) in [5, 5.41) is 14.1. The summed E-state index contributed by atoms with van der Waals surface area (Å²) in [4.78, 5) is 35.6. The Hall–Kier alpha value is -3.37. The van der Waals surface area contributed by atoms with Crippen LogP contribution in [-0.2, 0) is 14.3 Å². The molecule has 0 spiro atoms. The highest BCUT2D eigenvalue weighted by molar-refractivity contribution is 6.30. The first-order valence-electron chi connectivity index (χ1n) is 7.93. The fraction of sp³-hybridized carbons (Fsp3) is 0.158. The first-order valence-corrected chi connectivity index (χ1v) is 8.31. The number of nitrogens with one attached hydrogen (secondary N) is 2. The fourth-order valence-electron chi connectivity index (χ4n) is 2.03. The second-order valence-electron chi connectivity index (χ2n) is 5.50. The van der Waals surface area contributed by atoms with Gasteiger partial charge in [-0.25, -0.2) is 4.79 Å². The molecule has 2 aromatic carbocycles. The number of carbonyl (C=O) groups excluding carboxylic acids is 3. The molecular weight excluding hydrogens is 370 g/mol. The molecule has 27 heavy (non-hydrogen) atoms. The van der Waals surface area contributed by atoms with Crippen molar-refractivity contribution < 1.29 is 19.1 Å². The molecule has 0 heterocycles. The van der Waals surface area contributed by atoms with E-state index in [1.807, 2.05) is 0 Å². The highest BCUT2D eigenvalue weighted by Gasteiger charge is 2.19. The minimum Gasteiger partial charge on any atom is -0.449 e. The predicted molar refractivity (Wildman–Crippen MR) is 100 cm³/mol. The minimum absolute atomic E-state index is 0.222. The Morgan fingerprint density at radius 1 is 1.04 bits per heavy atom. The Bertz CT molecular complexity index is 873. The van der Waals surface area contributed by atoms with E-state index in [4.69, 9.17) is 21.6 Å². The molecule has 2 rings (SSSR count). The molecule has 2 amide bonds. The lowest BCUT2D eigenvalue weighted by atomic mass is 10.2. The van der Waals surface area contributed by atoms with Gasteiger partial charge in [-0.05, 0) is 55.5 Å². The second kappa shape index (κ2) is 9.36. The third-order valence-electron chi connectivity index (χ3n) is 3.41. The third kappa shape index (κ3) is 6.13. The minimum atomic E-state index is -1.01. The Morgan fingerprint density at radius 2 is 1.59 bits per heavy atom. The molecule has 7 nitrogen and oxygen atoms in total. The van der Waals surface area contributed by atoms with E-state index in [0.29, 0.717) is 16.4 Å². The van der Waals surface area contributed by atoms with Crippen molar-refractivity contribution in [3.8, 4) is 6.07 Å². The molecule has 0 aliphatic heterocycles. The molecule has 0 unspecified atom stereocenters. The van der Waals surface area contributed by atoms with Gasteiger partial charge in [0.2, 0.25) is 5.91 Å². The number of amides is 2. The highest BCUT2D eigenvalue weighted by atomic mass is 35.5. The van der Waals surface area contributed by atoms with Crippen molar-refractivity contribution >= 4 is 40.8 Å². The van der Waals surface area contributed by atoms with Gasteiger partial charge in [0.25, 0.3) is 5.91 Å². The van der Waals surface area contributed by atoms with Gasteiger partial charge in [-0.3, -0.25) is 9.59 Å². The number of nitrogens with zero attached hydrogens (tertiary/aromatic N) is 1. The molecule has 0 saturated heterocycles. The van der Waals surface area contributed by atoms with Crippen LogP contribution >= 0.6 is 11.6 Å². The van der Waals surface area contributed by atoms with E-state index in [-0.39, 0.29) is 12.0 Å². The van der Waals surface area contributed by atoms with Crippen molar-refractivity contribution in [3.05, 3.63) is 59.1 Å². The van der Waals surface area contributed by atoms with Gasteiger partial charge < -0.3 is 15.4 Å². The van der Waals surface area contributed by atoms with Crippen LogP contribution in [0.2, 0.25) is 5.02 Å². The van der Waals surface area contributed by atoms with Gasteiger partial charge >= 0.3 is 5.97 Å². The van der Waals surface area contributed by atoms with Gasteiger partial charge in [-0.2, -0.15) is 5.26 Å². The van der Waals surface area contributed by atoms with Crippen LogP contribution in [0.4, 0.5) is 11.4 Å². The van der Waals surface area contributed by atoms with Crippen LogP contribution < -0.4 is 10.6 Å². The van der Waals surface area contributed by atoms with Gasteiger partial charge in [0.05, 0.1) is 11.6 Å². The first kappa shape index (κ1) is 19.9. The Kier molecular flexibility index (Phi) is 6.92. The topological polar surface area (TPSA) is 108 Å². The van der Waals surface area contributed by atoms with Gasteiger partial charge in [0.15, 0.2) is 6.10 Å². The molecule has 0 fully saturated rings. The van der Waals surface area contributed by atoms with E-state index in [1.165, 1.54) is 31.2 Å². The maximum atomic E-state index is 12.1. The molecule has 8 heteroatoms. The summed E-state index contributed by atoms with van der Waals surface area (Å²) in [5.74, 6) is -1.60. The zero-order chi connectivity index (χ0) is 19.8. The summed E-state index contributed by atoms with van der Waals surface area (Å²) < 4.78 is 5.15. The Labute approximate surface area is 160 Å². The number of nitriles is 1. The lowest BCUT2D eigenvalue weighted by molar-refractivity contribution is -0.123. The Balaban J connectivity index is 1.91. The first-order chi connectivity index (χ1) is 12.9. The van der Waals surface area contributed by atoms with Crippen molar-refractivity contribution in [2.45, 2.75) is 19.4 Å². The molecule has 2 aromatic rings. The van der Waals surface area contributed by atoms with E-state index in [2.05, 4.69) is 10.6 Å². The average Bonchev–Trinajstić information content (AvgIpc) is 2.64. The maximum Gasteiger partial charge on any atom is 0.338 e. The molecule has 0 aliphatic carbocycles. The van der Waals surface area contributed by atoms with Crippen LogP contribution in [0.15, 0.2) is 48.5 Å². The SMILES string of the molecule is C[C@@H](OC(=O)c1ccc(NC(=O)CC#N)cc1)C(=O)Nc1ccc(Cl)cc1. The molecule has 0 aliphatic rings. The summed E-state index contributed by atoms with van der Waals surface area (Å²) in [6, 6.07) is 14.2. The summed E-state index contributed by atoms with van der Waals surface area (Å²) in [5.41, 5.74) is 1.20. The quantitative estimate of drug-likeness (QED) is 0.741. The van der Waals surface area contributed by atoms with E-state index >= 15 is 0 Å². The number of anilines is 2. The summed E-state index contributed by atoms with van der Waals surface area (Å²) in [6.45, 7) is 1.46. The largest absolute Gasteiger partial charge is 0.449 e. The predicted octanol–water partition coefficient (Wildman–Crippen LogP) is 3.38. The lowest BCUT2D eigenvalue weighted by Crippen LogP contribution is -2.30. The van der Waals surface area contributed by atoms with Gasteiger partial charge in [0.1, 0.15) is 6.42 Å². The zero-order valence-electron chi connectivity index (χ0n) is 14.4. The molecule has 1 atom stereocenters. The van der Waals surface area contributed by atoms with Crippen LogP contribution in [0.1, 0.15) is 23.7 Å². The van der Waals surface area contributed by atoms with Crippen molar-refractivity contribution in [2.75, 3.05) is 10.6 Å². The molecular formula is C19H16ClN3O4. The van der Waals surface area contributed by atoms with Crippen LogP contribution in [0.3, 0.4) is 0 Å². The third-order valence-corrected chi connectivity index (χ3v) is 3.66. The van der Waals surface area contributed by atoms with E-state index in [1.54, 1.807) is 30.3 Å².